The Labute approximate surface area is 373 Å². The molecule has 57 heavy (non-hydrogen) atoms. The van der Waals surface area contributed by atoms with Crippen molar-refractivity contribution in [1.29, 1.82) is 0 Å². The Hall–Kier alpha value is -3.62. The predicted molar refractivity (Wildman–Crippen MR) is 225 cm³/mol. The maximum atomic E-state index is 5.86. The molecule has 0 amide bonds. The number of hydrogen-bond acceptors (Lipinski definition) is 2. The second-order valence-corrected chi connectivity index (χ2v) is 15.0. The molecular weight excluding hydrogens is 819 g/mol. The molecule has 2 unspecified atom stereocenters. The van der Waals surface area contributed by atoms with Gasteiger partial charge < -0.3 is 33.6 Å². The van der Waals surface area contributed by atoms with Crippen LogP contribution in [-0.4, -0.2) is 0 Å². The zero-order valence-corrected chi connectivity index (χ0v) is 37.8. The van der Waals surface area contributed by atoms with E-state index in [1.165, 1.54) is 120 Å². The standard InChI is InChI=1S/2C26H27O.2ClH.Zr/c2*1-3-4-5-6-8-20-12-14-21(15-13-20)22-9-7-10-23-24(22)16-17-25(23)26-18-11-19(2)27-26;;;/h2*7,9-16,18,25H,3-6,8H2,1-2H3;2*1H;/q2*-1;;;+4/p-2. The Morgan fingerprint density at radius 3 is 1.23 bits per heavy atom. The van der Waals surface area contributed by atoms with Gasteiger partial charge in [-0.2, -0.15) is 11.1 Å². The zero-order chi connectivity index (χ0) is 37.3. The van der Waals surface area contributed by atoms with Gasteiger partial charge >= 0.3 is 26.2 Å². The molecule has 0 saturated heterocycles. The zero-order valence-electron chi connectivity index (χ0n) is 33.8. The van der Waals surface area contributed by atoms with Crippen LogP contribution >= 0.6 is 0 Å². The Kier molecular flexibility index (Phi) is 18.2. The molecule has 0 saturated carbocycles. The molecule has 2 atom stereocenters. The monoisotopic (exact) mass is 870 g/mol. The van der Waals surface area contributed by atoms with Crippen LogP contribution in [0.5, 0.6) is 0 Å². The molecule has 292 valence electrons. The summed E-state index contributed by atoms with van der Waals surface area (Å²) >= 11 is 0. The molecule has 0 spiro atoms. The molecule has 5 heteroatoms. The van der Waals surface area contributed by atoms with E-state index in [4.69, 9.17) is 8.83 Å². The van der Waals surface area contributed by atoms with E-state index in [1.54, 1.807) is 0 Å². The summed E-state index contributed by atoms with van der Waals surface area (Å²) in [7, 11) is 0. The minimum atomic E-state index is 0. The van der Waals surface area contributed by atoms with Crippen molar-refractivity contribution in [2.45, 2.75) is 104 Å². The Morgan fingerprint density at radius 1 is 0.474 bits per heavy atom. The molecule has 0 fully saturated rings. The Balaban J connectivity index is 0.000000240. The van der Waals surface area contributed by atoms with Gasteiger partial charge in [0.05, 0.1) is 11.5 Å². The summed E-state index contributed by atoms with van der Waals surface area (Å²) in [6.07, 6.45) is 24.1. The first-order chi connectivity index (χ1) is 26.5. The second kappa shape index (κ2) is 22.5. The summed E-state index contributed by atoms with van der Waals surface area (Å²) in [5.41, 5.74) is 13.1. The van der Waals surface area contributed by atoms with E-state index >= 15 is 0 Å². The van der Waals surface area contributed by atoms with Gasteiger partial charge in [0.1, 0.15) is 11.5 Å². The van der Waals surface area contributed by atoms with E-state index in [2.05, 4.69) is 135 Å². The van der Waals surface area contributed by atoms with Crippen molar-refractivity contribution in [3.8, 4) is 22.3 Å². The predicted octanol–water partition coefficient (Wildman–Crippen LogP) is 8.68. The van der Waals surface area contributed by atoms with E-state index in [0.29, 0.717) is 0 Å². The maximum Gasteiger partial charge on any atom is 4.00 e. The SMILES string of the molecule is CCCCCCc1ccc(-c2cccc3c2C=[C-]C3c2ccc(C)o2)cc1.CCCCCCc1ccc(-c2cccc3c2C=[C-]C3c2ccc(C)o2)cc1.[Cl-].[Cl-].[Zr+4]. The minimum absolute atomic E-state index is 0. The first-order valence-electron chi connectivity index (χ1n) is 20.3. The second-order valence-electron chi connectivity index (χ2n) is 15.0. The first-order valence-corrected chi connectivity index (χ1v) is 20.3. The van der Waals surface area contributed by atoms with E-state index < -0.39 is 0 Å². The molecule has 0 aliphatic heterocycles. The number of allylic oxidation sites excluding steroid dienone is 2. The van der Waals surface area contributed by atoms with E-state index in [9.17, 15) is 0 Å². The van der Waals surface area contributed by atoms with E-state index in [1.807, 2.05) is 26.0 Å². The van der Waals surface area contributed by atoms with Crippen LogP contribution < -0.4 is 24.8 Å². The van der Waals surface area contributed by atoms with Gasteiger partial charge in [-0.05, 0) is 97.9 Å². The molecule has 2 aliphatic carbocycles. The number of unbranched alkanes of at least 4 members (excludes halogenated alkanes) is 6. The number of halogens is 2. The third-order valence-corrected chi connectivity index (χ3v) is 10.9. The number of furan rings is 2. The van der Waals surface area contributed by atoms with Crippen LogP contribution in [0.2, 0.25) is 0 Å². The van der Waals surface area contributed by atoms with Gasteiger partial charge in [-0.1, -0.05) is 148 Å². The van der Waals surface area contributed by atoms with E-state index in [-0.39, 0.29) is 62.9 Å². The summed E-state index contributed by atoms with van der Waals surface area (Å²) in [4.78, 5) is 0. The number of rotatable bonds is 14. The molecule has 4 aromatic carbocycles. The van der Waals surface area contributed by atoms with Crippen LogP contribution in [0.3, 0.4) is 0 Å². The number of hydrogen-bond donors (Lipinski definition) is 0. The summed E-state index contributed by atoms with van der Waals surface area (Å²) in [5.74, 6) is 4.05. The molecule has 8 rings (SSSR count). The van der Waals surface area contributed by atoms with Crippen LogP contribution in [-0.2, 0) is 39.0 Å². The largest absolute Gasteiger partial charge is 4.00 e. The fourth-order valence-corrected chi connectivity index (χ4v) is 7.91. The van der Waals surface area contributed by atoms with Crippen molar-refractivity contribution in [2.24, 2.45) is 0 Å². The van der Waals surface area contributed by atoms with Crippen LogP contribution in [0.15, 0.2) is 118 Å². The van der Waals surface area contributed by atoms with Crippen LogP contribution in [0.1, 0.15) is 133 Å². The molecular formula is C52H54Cl2O2Zr. The molecule has 0 radical (unpaired) electrons. The first kappa shape index (κ1) is 46.1. The average molecular weight is 873 g/mol. The Bertz CT molecular complexity index is 2030. The summed E-state index contributed by atoms with van der Waals surface area (Å²) in [6, 6.07) is 39.5. The summed E-state index contributed by atoms with van der Waals surface area (Å²) < 4.78 is 11.7. The Morgan fingerprint density at radius 2 is 0.877 bits per heavy atom. The van der Waals surface area contributed by atoms with Crippen LogP contribution in [0, 0.1) is 26.0 Å². The van der Waals surface area contributed by atoms with Gasteiger partial charge in [0.25, 0.3) is 0 Å². The summed E-state index contributed by atoms with van der Waals surface area (Å²) in [6.45, 7) is 8.50. The molecule has 2 aliphatic rings. The molecule has 2 heterocycles. The van der Waals surface area contributed by atoms with Crippen molar-refractivity contribution in [3.63, 3.8) is 0 Å². The van der Waals surface area contributed by atoms with Crippen molar-refractivity contribution in [1.82, 2.24) is 0 Å². The van der Waals surface area contributed by atoms with Crippen molar-refractivity contribution in [2.75, 3.05) is 0 Å². The molecule has 6 aromatic rings. The third-order valence-electron chi connectivity index (χ3n) is 10.9. The van der Waals surface area contributed by atoms with Gasteiger partial charge in [0.2, 0.25) is 0 Å². The van der Waals surface area contributed by atoms with Gasteiger partial charge in [-0.25, -0.2) is 12.2 Å². The van der Waals surface area contributed by atoms with Gasteiger partial charge in [0, 0.05) is 0 Å². The third kappa shape index (κ3) is 11.3. The number of fused-ring (bicyclic) bond motifs is 2. The van der Waals surface area contributed by atoms with Gasteiger partial charge in [0.15, 0.2) is 0 Å². The van der Waals surface area contributed by atoms with Crippen molar-refractivity contribution >= 4 is 12.2 Å². The average Bonchev–Trinajstić information content (AvgIpc) is 4.02. The van der Waals surface area contributed by atoms with Gasteiger partial charge in [-0.3, -0.25) is 12.2 Å². The number of benzene rings is 4. The van der Waals surface area contributed by atoms with Gasteiger partial charge in [-0.15, -0.1) is 11.1 Å². The quantitative estimate of drug-likeness (QED) is 0.0810. The minimum Gasteiger partial charge on any atom is -1.00 e. The van der Waals surface area contributed by atoms with Crippen LogP contribution in [0.4, 0.5) is 0 Å². The summed E-state index contributed by atoms with van der Waals surface area (Å²) in [5, 5.41) is 0. The topological polar surface area (TPSA) is 26.3 Å². The molecule has 0 N–H and O–H groups in total. The maximum absolute atomic E-state index is 5.86. The fraction of sp³-hybridized carbons (Fsp3) is 0.308. The number of aryl methyl sites for hydroxylation is 4. The van der Waals surface area contributed by atoms with E-state index in [0.717, 1.165) is 23.0 Å². The normalized spacial score (nSPS) is 14.5. The molecule has 0 bridgehead atoms. The molecule has 2 nitrogen and oxygen atoms in total. The smallest absolute Gasteiger partial charge is 1.00 e. The fourth-order valence-electron chi connectivity index (χ4n) is 7.91. The van der Waals surface area contributed by atoms with Crippen molar-refractivity contribution < 1.29 is 59.9 Å². The molecule has 2 aromatic heterocycles. The van der Waals surface area contributed by atoms with Crippen molar-refractivity contribution in [3.05, 3.63) is 178 Å². The van der Waals surface area contributed by atoms with Crippen LogP contribution in [0.25, 0.3) is 34.4 Å².